The summed E-state index contributed by atoms with van der Waals surface area (Å²) >= 11 is 0. The number of aryl methyl sites for hydroxylation is 1. The smallest absolute Gasteiger partial charge is 0.251 e. The number of hydrogen-bond donors (Lipinski definition) is 1. The van der Waals surface area contributed by atoms with Gasteiger partial charge in [-0.2, -0.15) is 0 Å². The third kappa shape index (κ3) is 5.73. The predicted molar refractivity (Wildman–Crippen MR) is 127 cm³/mol. The Labute approximate surface area is 193 Å². The van der Waals surface area contributed by atoms with Crippen LogP contribution in [0, 0.1) is 6.92 Å². The molecule has 0 fully saturated rings. The van der Waals surface area contributed by atoms with E-state index in [1.807, 2.05) is 81.4 Å². The molecule has 1 heterocycles. The molecule has 0 radical (unpaired) electrons. The lowest BCUT2D eigenvalue weighted by Gasteiger charge is -2.13. The molecule has 0 unspecified atom stereocenters. The molecular formula is C27H27N3O3. The van der Waals surface area contributed by atoms with Crippen LogP contribution >= 0.6 is 0 Å². The Hall–Kier alpha value is -3.77. The lowest BCUT2D eigenvalue weighted by molar-refractivity contribution is 0.0651. The van der Waals surface area contributed by atoms with Crippen LogP contribution in [-0.2, 0) is 17.9 Å². The van der Waals surface area contributed by atoms with E-state index < -0.39 is 0 Å². The normalized spacial score (nSPS) is 11.0. The third-order valence-corrected chi connectivity index (χ3v) is 5.21. The van der Waals surface area contributed by atoms with Gasteiger partial charge in [0.25, 0.3) is 5.91 Å². The summed E-state index contributed by atoms with van der Waals surface area (Å²) in [6.45, 7) is 6.98. The minimum absolute atomic E-state index is 0.146. The van der Waals surface area contributed by atoms with Crippen molar-refractivity contribution in [1.82, 2.24) is 15.5 Å². The van der Waals surface area contributed by atoms with Gasteiger partial charge >= 0.3 is 0 Å². The summed E-state index contributed by atoms with van der Waals surface area (Å²) in [6, 6.07) is 23.0. The van der Waals surface area contributed by atoms with Crippen LogP contribution in [0.15, 0.2) is 77.2 Å². The molecule has 0 aliphatic rings. The predicted octanol–water partition coefficient (Wildman–Crippen LogP) is 5.57. The minimum Gasteiger partial charge on any atom is -0.416 e. The second-order valence-corrected chi connectivity index (χ2v) is 8.17. The van der Waals surface area contributed by atoms with Crippen molar-refractivity contribution in [1.29, 1.82) is 0 Å². The van der Waals surface area contributed by atoms with Crippen molar-refractivity contribution in [3.05, 3.63) is 95.1 Å². The fourth-order valence-corrected chi connectivity index (χ4v) is 3.40. The average molecular weight is 442 g/mol. The highest BCUT2D eigenvalue weighted by Crippen LogP contribution is 2.24. The van der Waals surface area contributed by atoms with E-state index in [1.165, 1.54) is 0 Å². The molecule has 0 saturated heterocycles. The Kier molecular flexibility index (Phi) is 6.95. The van der Waals surface area contributed by atoms with Gasteiger partial charge in [-0.15, -0.1) is 10.2 Å². The quantitative estimate of drug-likeness (QED) is 0.387. The van der Waals surface area contributed by atoms with E-state index in [2.05, 4.69) is 15.5 Å². The van der Waals surface area contributed by atoms with Gasteiger partial charge in [0.05, 0.1) is 12.7 Å². The highest BCUT2D eigenvalue weighted by Gasteiger charge is 2.12. The van der Waals surface area contributed by atoms with E-state index in [4.69, 9.17) is 9.15 Å². The van der Waals surface area contributed by atoms with Gasteiger partial charge in [0, 0.05) is 23.2 Å². The molecule has 3 aromatic carbocycles. The van der Waals surface area contributed by atoms with E-state index in [9.17, 15) is 4.79 Å². The number of nitrogens with one attached hydrogen (secondary N) is 1. The lowest BCUT2D eigenvalue weighted by Crippen LogP contribution is -2.23. The largest absolute Gasteiger partial charge is 0.416 e. The summed E-state index contributed by atoms with van der Waals surface area (Å²) in [5.41, 5.74) is 5.43. The second-order valence-electron chi connectivity index (χ2n) is 8.17. The van der Waals surface area contributed by atoms with E-state index in [1.54, 1.807) is 12.1 Å². The number of rotatable bonds is 8. The topological polar surface area (TPSA) is 77.2 Å². The van der Waals surface area contributed by atoms with Crippen LogP contribution in [0.2, 0.25) is 0 Å². The Morgan fingerprint density at radius 3 is 2.30 bits per heavy atom. The lowest BCUT2D eigenvalue weighted by atomic mass is 10.1. The van der Waals surface area contributed by atoms with E-state index in [-0.39, 0.29) is 12.0 Å². The van der Waals surface area contributed by atoms with Crippen LogP contribution in [0.5, 0.6) is 0 Å². The van der Waals surface area contributed by atoms with Crippen molar-refractivity contribution in [2.24, 2.45) is 0 Å². The summed E-state index contributed by atoms with van der Waals surface area (Å²) in [6.07, 6.45) is 0.151. The van der Waals surface area contributed by atoms with E-state index in [0.29, 0.717) is 30.5 Å². The summed E-state index contributed by atoms with van der Waals surface area (Å²) in [7, 11) is 0. The van der Waals surface area contributed by atoms with Gasteiger partial charge in [0.15, 0.2) is 0 Å². The standard InChI is InChI=1S/C27H27N3O3/c1-18(2)32-17-24-9-5-4-8-23(24)16-28-25(31)20-11-13-21(14-12-20)26-29-30-27(33-26)22-10-6-7-19(3)15-22/h4-15,18H,16-17H2,1-3H3,(H,28,31). The van der Waals surface area contributed by atoms with Crippen molar-refractivity contribution in [2.75, 3.05) is 0 Å². The van der Waals surface area contributed by atoms with Crippen molar-refractivity contribution >= 4 is 5.91 Å². The monoisotopic (exact) mass is 441 g/mol. The molecule has 0 aliphatic carbocycles. The van der Waals surface area contributed by atoms with E-state index >= 15 is 0 Å². The highest BCUT2D eigenvalue weighted by atomic mass is 16.5. The van der Waals surface area contributed by atoms with Gasteiger partial charge in [-0.05, 0) is 68.3 Å². The third-order valence-electron chi connectivity index (χ3n) is 5.21. The molecule has 1 N–H and O–H groups in total. The molecule has 168 valence electrons. The zero-order valence-electron chi connectivity index (χ0n) is 19.0. The zero-order valence-corrected chi connectivity index (χ0v) is 19.0. The summed E-state index contributed by atoms with van der Waals surface area (Å²) < 4.78 is 11.6. The maximum Gasteiger partial charge on any atom is 0.251 e. The molecule has 0 atom stereocenters. The van der Waals surface area contributed by atoms with Crippen LogP contribution in [0.3, 0.4) is 0 Å². The molecule has 1 amide bonds. The van der Waals surface area contributed by atoms with Gasteiger partial charge in [0.1, 0.15) is 0 Å². The van der Waals surface area contributed by atoms with Crippen LogP contribution in [0.4, 0.5) is 0 Å². The second kappa shape index (κ2) is 10.2. The molecule has 0 aliphatic heterocycles. The summed E-state index contributed by atoms with van der Waals surface area (Å²) in [5.74, 6) is 0.736. The minimum atomic E-state index is -0.146. The molecule has 33 heavy (non-hydrogen) atoms. The Morgan fingerprint density at radius 1 is 0.909 bits per heavy atom. The Morgan fingerprint density at radius 2 is 1.61 bits per heavy atom. The molecule has 4 rings (SSSR count). The van der Waals surface area contributed by atoms with Crippen LogP contribution in [0.1, 0.15) is 40.9 Å². The van der Waals surface area contributed by atoms with Gasteiger partial charge in [-0.3, -0.25) is 4.79 Å². The number of hydrogen-bond acceptors (Lipinski definition) is 5. The maximum atomic E-state index is 12.7. The SMILES string of the molecule is Cc1cccc(-c2nnc(-c3ccc(C(=O)NCc4ccccc4COC(C)C)cc3)o2)c1. The first-order chi connectivity index (χ1) is 16.0. The van der Waals surface area contributed by atoms with Gasteiger partial charge < -0.3 is 14.5 Å². The maximum absolute atomic E-state index is 12.7. The first kappa shape index (κ1) is 22.4. The van der Waals surface area contributed by atoms with Gasteiger partial charge in [-0.1, -0.05) is 42.0 Å². The van der Waals surface area contributed by atoms with Crippen molar-refractivity contribution in [3.63, 3.8) is 0 Å². The fourth-order valence-electron chi connectivity index (χ4n) is 3.40. The molecular weight excluding hydrogens is 414 g/mol. The van der Waals surface area contributed by atoms with Crippen LogP contribution in [-0.4, -0.2) is 22.2 Å². The van der Waals surface area contributed by atoms with Gasteiger partial charge in [-0.25, -0.2) is 0 Å². The first-order valence-corrected chi connectivity index (χ1v) is 11.0. The molecule has 0 saturated carbocycles. The number of amides is 1. The van der Waals surface area contributed by atoms with Crippen molar-refractivity contribution in [2.45, 2.75) is 40.0 Å². The number of carbonyl (C=O) groups excluding carboxylic acids is 1. The number of benzene rings is 3. The van der Waals surface area contributed by atoms with Crippen LogP contribution in [0.25, 0.3) is 22.9 Å². The molecule has 4 aromatic rings. The molecule has 0 bridgehead atoms. The average Bonchev–Trinajstić information content (AvgIpc) is 3.32. The summed E-state index contributed by atoms with van der Waals surface area (Å²) in [4.78, 5) is 12.7. The number of carbonyl (C=O) groups is 1. The summed E-state index contributed by atoms with van der Waals surface area (Å²) in [5, 5.41) is 11.3. The molecule has 1 aromatic heterocycles. The van der Waals surface area contributed by atoms with E-state index in [0.717, 1.165) is 27.8 Å². The zero-order chi connectivity index (χ0) is 23.2. The Balaban J connectivity index is 1.40. The van der Waals surface area contributed by atoms with Gasteiger partial charge in [0.2, 0.25) is 11.8 Å². The van der Waals surface area contributed by atoms with Crippen molar-refractivity contribution in [3.8, 4) is 22.9 Å². The van der Waals surface area contributed by atoms with Crippen LogP contribution < -0.4 is 5.32 Å². The number of nitrogens with zero attached hydrogens (tertiary/aromatic N) is 2. The Bertz CT molecular complexity index is 1230. The molecule has 0 spiro atoms. The molecule has 6 heteroatoms. The molecule has 6 nitrogen and oxygen atoms in total. The first-order valence-electron chi connectivity index (χ1n) is 11.0. The number of aromatic nitrogens is 2. The number of ether oxygens (including phenoxy) is 1. The van der Waals surface area contributed by atoms with Crippen molar-refractivity contribution < 1.29 is 13.9 Å². The fraction of sp³-hybridized carbons (Fsp3) is 0.222. The highest BCUT2D eigenvalue weighted by molar-refractivity contribution is 5.94.